The molecule has 2 aromatic rings. The van der Waals surface area contributed by atoms with Gasteiger partial charge in [0.15, 0.2) is 0 Å². The molecule has 5 nitrogen and oxygen atoms in total. The van der Waals surface area contributed by atoms with E-state index in [0.29, 0.717) is 19.4 Å². The predicted octanol–water partition coefficient (Wildman–Crippen LogP) is 4.45. The van der Waals surface area contributed by atoms with E-state index in [1.54, 1.807) is 29.7 Å². The molecule has 1 amide bonds. The number of hydrogen-bond acceptors (Lipinski definition) is 4. The minimum atomic E-state index is -0.462. The zero-order valence-electron chi connectivity index (χ0n) is 15.8. The van der Waals surface area contributed by atoms with Gasteiger partial charge in [-0.1, -0.05) is 18.6 Å². The van der Waals surface area contributed by atoms with Crippen molar-refractivity contribution >= 4 is 11.6 Å². The van der Waals surface area contributed by atoms with Gasteiger partial charge in [0.05, 0.1) is 6.10 Å². The fourth-order valence-electron chi connectivity index (χ4n) is 3.07. The first kappa shape index (κ1) is 21.8. The fourth-order valence-corrected chi connectivity index (χ4v) is 3.07. The lowest BCUT2D eigenvalue weighted by atomic mass is 9.91. The molecule has 0 fully saturated rings. The number of amides is 1. The summed E-state index contributed by atoms with van der Waals surface area (Å²) in [6, 6.07) is 12.1. The van der Waals surface area contributed by atoms with E-state index in [9.17, 15) is 13.6 Å². The number of hydrogen-bond donors (Lipinski definition) is 3. The Morgan fingerprint density at radius 1 is 1.04 bits per heavy atom. The van der Waals surface area contributed by atoms with Crippen molar-refractivity contribution in [2.24, 2.45) is 5.92 Å². The summed E-state index contributed by atoms with van der Waals surface area (Å²) in [5.41, 5.74) is 3.33. The van der Waals surface area contributed by atoms with E-state index in [0.717, 1.165) is 24.1 Å². The highest BCUT2D eigenvalue weighted by Gasteiger charge is 2.23. The van der Waals surface area contributed by atoms with E-state index in [2.05, 4.69) is 5.32 Å². The molecule has 28 heavy (non-hydrogen) atoms. The predicted molar refractivity (Wildman–Crippen MR) is 103 cm³/mol. The first-order valence-electron chi connectivity index (χ1n) is 9.25. The molecule has 7 heteroatoms. The van der Waals surface area contributed by atoms with Crippen molar-refractivity contribution in [2.45, 2.75) is 31.8 Å². The van der Waals surface area contributed by atoms with Crippen LogP contribution >= 0.6 is 0 Å². The number of carbonyl (C=O) groups excluding carboxylic acids is 1. The van der Waals surface area contributed by atoms with Crippen LogP contribution in [0.3, 0.4) is 0 Å². The van der Waals surface area contributed by atoms with Gasteiger partial charge in [0, 0.05) is 25.3 Å². The molecule has 0 aromatic heterocycles. The number of nitrogens with one attached hydrogen (secondary N) is 2. The Kier molecular flexibility index (Phi) is 8.84. The van der Waals surface area contributed by atoms with Crippen LogP contribution < -0.4 is 10.8 Å². The Morgan fingerprint density at radius 3 is 2.21 bits per heavy atom. The van der Waals surface area contributed by atoms with Crippen LogP contribution in [0.15, 0.2) is 48.5 Å². The maximum absolute atomic E-state index is 13.1. The van der Waals surface area contributed by atoms with Crippen LogP contribution in [0.5, 0.6) is 0 Å². The monoisotopic (exact) mass is 392 g/mol. The minimum absolute atomic E-state index is 0.280. The molecule has 3 N–H and O–H groups in total. The van der Waals surface area contributed by atoms with Crippen molar-refractivity contribution in [3.8, 4) is 0 Å². The van der Waals surface area contributed by atoms with Crippen molar-refractivity contribution < 1.29 is 23.5 Å². The summed E-state index contributed by atoms with van der Waals surface area (Å²) in [5.74, 6) is -1.52. The summed E-state index contributed by atoms with van der Waals surface area (Å²) >= 11 is 0. The summed E-state index contributed by atoms with van der Waals surface area (Å²) < 4.78 is 31.5. The first-order valence-corrected chi connectivity index (χ1v) is 9.25. The number of halogens is 2. The molecule has 2 unspecified atom stereocenters. The largest absolute Gasteiger partial charge is 0.385 e. The third-order valence-electron chi connectivity index (χ3n) is 4.66. The van der Waals surface area contributed by atoms with Crippen LogP contribution in [0.25, 0.3) is 0 Å². The number of anilines is 1. The lowest BCUT2D eigenvalue weighted by molar-refractivity contribution is -0.135. The molecule has 0 aliphatic rings. The quantitative estimate of drug-likeness (QED) is 0.300. The SMILES string of the molecule is COC(CC(CCCCNc1ccc(F)cc1)C(=O)NO)c1ccc(F)cc1. The van der Waals surface area contributed by atoms with Crippen molar-refractivity contribution in [3.63, 3.8) is 0 Å². The van der Waals surface area contributed by atoms with Gasteiger partial charge in [0.25, 0.3) is 0 Å². The van der Waals surface area contributed by atoms with Gasteiger partial charge in [-0.05, 0) is 61.2 Å². The molecule has 0 aliphatic carbocycles. The number of unbranched alkanes of at least 4 members (excludes halogenated alkanes) is 1. The van der Waals surface area contributed by atoms with E-state index >= 15 is 0 Å². The third kappa shape index (κ3) is 6.90. The normalized spacial score (nSPS) is 13.0. The summed E-state index contributed by atoms with van der Waals surface area (Å²) in [7, 11) is 1.54. The molecular formula is C21H26F2N2O3. The number of carbonyl (C=O) groups is 1. The molecule has 0 aliphatic heterocycles. The molecule has 0 heterocycles. The molecular weight excluding hydrogens is 366 g/mol. The van der Waals surface area contributed by atoms with E-state index in [-0.39, 0.29) is 17.7 Å². The molecule has 0 bridgehead atoms. The van der Waals surface area contributed by atoms with Crippen LogP contribution in [0.4, 0.5) is 14.5 Å². The molecule has 2 aromatic carbocycles. The lowest BCUT2D eigenvalue weighted by Crippen LogP contribution is -2.29. The molecule has 0 radical (unpaired) electrons. The summed E-state index contributed by atoms with van der Waals surface area (Å²) in [6.07, 6.45) is 2.13. The van der Waals surface area contributed by atoms with Gasteiger partial charge in [0.1, 0.15) is 11.6 Å². The zero-order valence-corrected chi connectivity index (χ0v) is 15.8. The fraction of sp³-hybridized carbons (Fsp3) is 0.381. The Balaban J connectivity index is 1.83. The van der Waals surface area contributed by atoms with E-state index in [1.807, 2.05) is 0 Å². The summed E-state index contributed by atoms with van der Waals surface area (Å²) in [6.45, 7) is 0.685. The van der Waals surface area contributed by atoms with Gasteiger partial charge in [0.2, 0.25) is 5.91 Å². The van der Waals surface area contributed by atoms with Gasteiger partial charge < -0.3 is 10.1 Å². The number of hydroxylamine groups is 1. The summed E-state index contributed by atoms with van der Waals surface area (Å²) in [4.78, 5) is 12.0. The molecule has 2 atom stereocenters. The van der Waals surface area contributed by atoms with Crippen molar-refractivity contribution in [1.82, 2.24) is 5.48 Å². The van der Waals surface area contributed by atoms with Gasteiger partial charge in [-0.2, -0.15) is 0 Å². The second kappa shape index (κ2) is 11.4. The number of ether oxygens (including phenoxy) is 1. The number of methoxy groups -OCH3 is 1. The Labute approximate surface area is 163 Å². The van der Waals surface area contributed by atoms with Gasteiger partial charge in [-0.15, -0.1) is 0 Å². The highest BCUT2D eigenvalue weighted by molar-refractivity contribution is 5.77. The van der Waals surface area contributed by atoms with E-state index in [1.165, 1.54) is 31.4 Å². The zero-order chi connectivity index (χ0) is 20.4. The van der Waals surface area contributed by atoms with Crippen LogP contribution in [-0.4, -0.2) is 24.8 Å². The molecule has 0 saturated carbocycles. The maximum atomic E-state index is 13.1. The summed E-state index contributed by atoms with van der Waals surface area (Å²) in [5, 5.41) is 12.2. The standard InChI is InChI=1S/C21H26F2N2O3/c1-28-20(15-5-7-17(22)8-6-15)14-16(21(26)25-27)4-2-3-13-24-19-11-9-18(23)10-12-19/h5-12,16,20,24,27H,2-4,13-14H2,1H3,(H,25,26). The number of rotatable bonds is 11. The average Bonchev–Trinajstić information content (AvgIpc) is 2.71. The van der Waals surface area contributed by atoms with Crippen LogP contribution in [-0.2, 0) is 9.53 Å². The Bertz CT molecular complexity index is 723. The van der Waals surface area contributed by atoms with Crippen LogP contribution in [0.2, 0.25) is 0 Å². The van der Waals surface area contributed by atoms with Crippen molar-refractivity contribution in [3.05, 3.63) is 65.7 Å². The third-order valence-corrected chi connectivity index (χ3v) is 4.66. The topological polar surface area (TPSA) is 70.6 Å². The Hall–Kier alpha value is -2.51. The molecule has 0 spiro atoms. The van der Waals surface area contributed by atoms with Gasteiger partial charge in [-0.25, -0.2) is 14.3 Å². The van der Waals surface area contributed by atoms with Crippen molar-refractivity contribution in [1.29, 1.82) is 0 Å². The minimum Gasteiger partial charge on any atom is -0.385 e. The van der Waals surface area contributed by atoms with E-state index < -0.39 is 11.8 Å². The van der Waals surface area contributed by atoms with Crippen molar-refractivity contribution in [2.75, 3.05) is 19.0 Å². The second-order valence-electron chi connectivity index (χ2n) is 6.61. The molecule has 2 rings (SSSR count). The second-order valence-corrected chi connectivity index (χ2v) is 6.61. The van der Waals surface area contributed by atoms with Crippen LogP contribution in [0.1, 0.15) is 37.4 Å². The Morgan fingerprint density at radius 2 is 1.64 bits per heavy atom. The molecule has 0 saturated heterocycles. The van der Waals surface area contributed by atoms with Gasteiger partial charge in [-0.3, -0.25) is 10.0 Å². The first-order chi connectivity index (χ1) is 13.5. The van der Waals surface area contributed by atoms with Gasteiger partial charge >= 0.3 is 0 Å². The number of benzene rings is 2. The maximum Gasteiger partial charge on any atom is 0.246 e. The van der Waals surface area contributed by atoms with E-state index in [4.69, 9.17) is 9.94 Å². The smallest absolute Gasteiger partial charge is 0.246 e. The lowest BCUT2D eigenvalue weighted by Gasteiger charge is -2.22. The van der Waals surface area contributed by atoms with Crippen LogP contribution in [0, 0.1) is 17.6 Å². The average molecular weight is 392 g/mol. The molecule has 152 valence electrons. The highest BCUT2D eigenvalue weighted by Crippen LogP contribution is 2.27. The highest BCUT2D eigenvalue weighted by atomic mass is 19.1.